The normalized spacial score (nSPS) is 11.1. The van der Waals surface area contributed by atoms with Crippen LogP contribution in [0.25, 0.3) is 5.82 Å². The summed E-state index contributed by atoms with van der Waals surface area (Å²) in [6, 6.07) is 6.00. The average molecular weight is 466 g/mol. The molecule has 0 spiro atoms. The van der Waals surface area contributed by atoms with Crippen LogP contribution in [0.2, 0.25) is 0 Å². The van der Waals surface area contributed by atoms with Gasteiger partial charge in [-0.2, -0.15) is 5.10 Å². The predicted octanol–water partition coefficient (Wildman–Crippen LogP) is 1.79. The Labute approximate surface area is 169 Å². The van der Waals surface area contributed by atoms with Crippen LogP contribution in [0.1, 0.15) is 17.1 Å². The Morgan fingerprint density at radius 2 is 1.92 bits per heavy atom. The summed E-state index contributed by atoms with van der Waals surface area (Å²) in [4.78, 5) is 12.9. The minimum absolute atomic E-state index is 0. The number of halogens is 1. The quantitative estimate of drug-likeness (QED) is 0.341. The highest BCUT2D eigenvalue weighted by atomic mass is 127. The number of hydrogen-bond acceptors (Lipinski definition) is 4. The van der Waals surface area contributed by atoms with E-state index in [0.29, 0.717) is 13.1 Å². The number of imidazole rings is 1. The first-order chi connectivity index (χ1) is 12.2. The van der Waals surface area contributed by atoms with Gasteiger partial charge < -0.3 is 10.6 Å². The molecule has 0 radical (unpaired) electrons. The number of guanidine groups is 1. The maximum absolute atomic E-state index is 4.50. The highest BCUT2D eigenvalue weighted by molar-refractivity contribution is 14.0. The molecule has 0 saturated heterocycles. The third kappa shape index (κ3) is 4.81. The van der Waals surface area contributed by atoms with Gasteiger partial charge in [0.05, 0.1) is 12.2 Å². The van der Waals surface area contributed by atoms with Gasteiger partial charge in [-0.15, -0.1) is 24.0 Å². The van der Waals surface area contributed by atoms with Crippen LogP contribution in [0, 0.1) is 6.92 Å². The lowest BCUT2D eigenvalue weighted by atomic mass is 10.3. The van der Waals surface area contributed by atoms with Gasteiger partial charge in [-0.1, -0.05) is 6.07 Å². The van der Waals surface area contributed by atoms with Crippen molar-refractivity contribution < 1.29 is 0 Å². The van der Waals surface area contributed by atoms with E-state index in [9.17, 15) is 0 Å². The molecule has 0 aliphatic rings. The highest BCUT2D eigenvalue weighted by Crippen LogP contribution is 2.08. The second kappa shape index (κ2) is 9.32. The van der Waals surface area contributed by atoms with Crippen molar-refractivity contribution >= 4 is 29.9 Å². The molecule has 0 fully saturated rings. The van der Waals surface area contributed by atoms with Crippen molar-refractivity contribution in [2.24, 2.45) is 12.0 Å². The van der Waals surface area contributed by atoms with E-state index in [1.165, 1.54) is 0 Å². The van der Waals surface area contributed by atoms with E-state index in [1.54, 1.807) is 19.4 Å². The SMILES string of the molecule is CN=C(NCc1ccc(-n2ccnc2C)nc1)NCc1ccnn1C.I. The van der Waals surface area contributed by atoms with Gasteiger partial charge >= 0.3 is 0 Å². The van der Waals surface area contributed by atoms with E-state index >= 15 is 0 Å². The zero-order valence-electron chi connectivity index (χ0n) is 15.0. The van der Waals surface area contributed by atoms with E-state index in [1.807, 2.05) is 53.8 Å². The Hall–Kier alpha value is -2.43. The van der Waals surface area contributed by atoms with Gasteiger partial charge in [0.1, 0.15) is 11.6 Å². The van der Waals surface area contributed by atoms with Crippen LogP contribution in [0.4, 0.5) is 0 Å². The summed E-state index contributed by atoms with van der Waals surface area (Å²) in [7, 11) is 3.67. The van der Waals surface area contributed by atoms with Gasteiger partial charge in [-0.3, -0.25) is 14.2 Å². The first kappa shape index (κ1) is 19.9. The van der Waals surface area contributed by atoms with Gasteiger partial charge in [0.25, 0.3) is 0 Å². The monoisotopic (exact) mass is 466 g/mol. The lowest BCUT2D eigenvalue weighted by Gasteiger charge is -2.12. The molecule has 0 aliphatic heterocycles. The van der Waals surface area contributed by atoms with Gasteiger partial charge in [-0.05, 0) is 24.6 Å². The zero-order valence-corrected chi connectivity index (χ0v) is 17.4. The molecule has 3 heterocycles. The summed E-state index contributed by atoms with van der Waals surface area (Å²) < 4.78 is 3.78. The van der Waals surface area contributed by atoms with Gasteiger partial charge in [0, 0.05) is 45.4 Å². The molecule has 0 aromatic carbocycles. The van der Waals surface area contributed by atoms with E-state index in [2.05, 4.69) is 30.7 Å². The number of aliphatic imine (C=N–C) groups is 1. The Morgan fingerprint density at radius 3 is 2.50 bits per heavy atom. The van der Waals surface area contributed by atoms with Gasteiger partial charge in [0.2, 0.25) is 0 Å². The number of rotatable bonds is 5. The minimum atomic E-state index is 0. The van der Waals surface area contributed by atoms with Crippen LogP contribution < -0.4 is 10.6 Å². The molecule has 0 bridgehead atoms. The van der Waals surface area contributed by atoms with Crippen LogP contribution in [-0.4, -0.2) is 37.3 Å². The first-order valence-corrected chi connectivity index (χ1v) is 8.04. The fourth-order valence-corrected chi connectivity index (χ4v) is 2.44. The Bertz CT molecular complexity index is 850. The molecule has 26 heavy (non-hydrogen) atoms. The number of nitrogens with zero attached hydrogens (tertiary/aromatic N) is 6. The molecular formula is C17H23IN8. The predicted molar refractivity (Wildman–Crippen MR) is 112 cm³/mol. The van der Waals surface area contributed by atoms with Crippen LogP contribution in [0.3, 0.4) is 0 Å². The van der Waals surface area contributed by atoms with Crippen molar-refractivity contribution in [1.29, 1.82) is 0 Å². The lowest BCUT2D eigenvalue weighted by Crippen LogP contribution is -2.36. The van der Waals surface area contributed by atoms with Crippen LogP contribution in [0.5, 0.6) is 0 Å². The topological polar surface area (TPSA) is 84.9 Å². The molecule has 0 atom stereocenters. The van der Waals surface area contributed by atoms with E-state index < -0.39 is 0 Å². The second-order valence-corrected chi connectivity index (χ2v) is 5.59. The standard InChI is InChI=1S/C17H22N8.HI/c1-13-19-8-9-25(13)16-5-4-14(10-20-16)11-21-17(18-2)22-12-15-6-7-23-24(15)3;/h4-10H,11-12H2,1-3H3,(H2,18,21,22);1H. The molecule has 0 saturated carbocycles. The molecule has 9 heteroatoms. The van der Waals surface area contributed by atoms with Gasteiger partial charge in [0.15, 0.2) is 5.96 Å². The molecule has 3 rings (SSSR count). The molecule has 3 aromatic heterocycles. The number of aromatic nitrogens is 5. The molecular weight excluding hydrogens is 443 g/mol. The Balaban J connectivity index is 0.00000243. The fraction of sp³-hybridized carbons (Fsp3) is 0.294. The molecule has 0 aliphatic carbocycles. The molecule has 3 aromatic rings. The van der Waals surface area contributed by atoms with Crippen molar-refractivity contribution in [2.45, 2.75) is 20.0 Å². The third-order valence-electron chi connectivity index (χ3n) is 3.92. The van der Waals surface area contributed by atoms with E-state index in [0.717, 1.165) is 28.9 Å². The van der Waals surface area contributed by atoms with Crippen molar-refractivity contribution in [3.63, 3.8) is 0 Å². The Kier molecular flexibility index (Phi) is 7.13. The molecule has 0 unspecified atom stereocenters. The number of pyridine rings is 1. The van der Waals surface area contributed by atoms with Crippen LogP contribution in [0.15, 0.2) is 48.0 Å². The van der Waals surface area contributed by atoms with Crippen molar-refractivity contribution in [3.05, 3.63) is 60.1 Å². The van der Waals surface area contributed by atoms with Crippen LogP contribution >= 0.6 is 24.0 Å². The number of hydrogen-bond donors (Lipinski definition) is 2. The summed E-state index contributed by atoms with van der Waals surface area (Å²) in [6.45, 7) is 3.25. The third-order valence-corrected chi connectivity index (χ3v) is 3.92. The van der Waals surface area contributed by atoms with E-state index in [4.69, 9.17) is 0 Å². The highest BCUT2D eigenvalue weighted by Gasteiger charge is 2.04. The van der Waals surface area contributed by atoms with Crippen molar-refractivity contribution in [2.75, 3.05) is 7.05 Å². The number of aryl methyl sites for hydroxylation is 2. The van der Waals surface area contributed by atoms with Crippen LogP contribution in [-0.2, 0) is 20.1 Å². The van der Waals surface area contributed by atoms with Gasteiger partial charge in [-0.25, -0.2) is 9.97 Å². The molecule has 2 N–H and O–H groups in total. The summed E-state index contributed by atoms with van der Waals surface area (Å²) in [5.41, 5.74) is 2.16. The Morgan fingerprint density at radius 1 is 1.12 bits per heavy atom. The zero-order chi connectivity index (χ0) is 17.6. The summed E-state index contributed by atoms with van der Waals surface area (Å²) in [6.07, 6.45) is 7.31. The maximum Gasteiger partial charge on any atom is 0.191 e. The van der Waals surface area contributed by atoms with Crippen molar-refractivity contribution in [1.82, 2.24) is 34.9 Å². The maximum atomic E-state index is 4.50. The lowest BCUT2D eigenvalue weighted by molar-refractivity contribution is 0.684. The largest absolute Gasteiger partial charge is 0.352 e. The summed E-state index contributed by atoms with van der Waals surface area (Å²) in [5, 5.41) is 10.7. The molecule has 8 nitrogen and oxygen atoms in total. The minimum Gasteiger partial charge on any atom is -0.352 e. The summed E-state index contributed by atoms with van der Waals surface area (Å²) in [5.74, 6) is 2.51. The first-order valence-electron chi connectivity index (χ1n) is 8.04. The molecule has 0 amide bonds. The smallest absolute Gasteiger partial charge is 0.191 e. The number of nitrogens with one attached hydrogen (secondary N) is 2. The average Bonchev–Trinajstić information content (AvgIpc) is 3.24. The van der Waals surface area contributed by atoms with Crippen molar-refractivity contribution in [3.8, 4) is 5.82 Å². The summed E-state index contributed by atoms with van der Waals surface area (Å²) >= 11 is 0. The fourth-order valence-electron chi connectivity index (χ4n) is 2.44. The molecule has 138 valence electrons. The van der Waals surface area contributed by atoms with E-state index in [-0.39, 0.29) is 24.0 Å². The second-order valence-electron chi connectivity index (χ2n) is 5.59.